The van der Waals surface area contributed by atoms with Gasteiger partial charge in [0.05, 0.1) is 19.2 Å². The van der Waals surface area contributed by atoms with E-state index in [1.165, 1.54) is 0 Å². The molecule has 0 amide bonds. The largest absolute Gasteiger partial charge is 0.394 e. The van der Waals surface area contributed by atoms with Crippen LogP contribution in [0.25, 0.3) is 0 Å². The minimum atomic E-state index is -1.51. The van der Waals surface area contributed by atoms with Gasteiger partial charge in [-0.3, -0.25) is 0 Å². The molecule has 2 aromatic rings. The van der Waals surface area contributed by atoms with Crippen LogP contribution in [0, 0.1) is 0 Å². The van der Waals surface area contributed by atoms with Crippen molar-refractivity contribution in [2.24, 2.45) is 4.99 Å². The predicted octanol–water partition coefficient (Wildman–Crippen LogP) is 0.144. The number of halogens is 1. The van der Waals surface area contributed by atoms with Gasteiger partial charge in [-0.05, 0) is 11.1 Å². The molecule has 30 heavy (non-hydrogen) atoms. The summed E-state index contributed by atoms with van der Waals surface area (Å²) in [7, 11) is 0. The predicted molar refractivity (Wildman–Crippen MR) is 115 cm³/mol. The first-order chi connectivity index (χ1) is 14.1. The van der Waals surface area contributed by atoms with Crippen LogP contribution in [0.1, 0.15) is 11.1 Å². The number of benzene rings is 2. The van der Waals surface area contributed by atoms with Crippen molar-refractivity contribution < 1.29 is 25.2 Å². The molecule has 1 saturated heterocycles. The molecule has 0 aliphatic carbocycles. The van der Waals surface area contributed by atoms with Gasteiger partial charge in [-0.1, -0.05) is 60.7 Å². The topological polar surface area (TPSA) is 127 Å². The fourth-order valence-corrected chi connectivity index (χ4v) is 3.11. The Morgan fingerprint density at radius 3 is 2.07 bits per heavy atom. The Morgan fingerprint density at radius 1 is 0.933 bits per heavy atom. The normalized spacial score (nSPS) is 24.7. The van der Waals surface area contributed by atoms with Gasteiger partial charge in [0.15, 0.2) is 12.2 Å². The summed E-state index contributed by atoms with van der Waals surface area (Å²) in [5.74, 6) is 0.406. The van der Waals surface area contributed by atoms with E-state index in [1.807, 2.05) is 60.7 Å². The Kier molecular flexibility index (Phi) is 9.51. The van der Waals surface area contributed by atoms with Crippen molar-refractivity contribution in [3.8, 4) is 0 Å². The highest BCUT2D eigenvalue weighted by atomic mass is 35.5. The third-order valence-electron chi connectivity index (χ3n) is 4.76. The molecule has 1 aliphatic heterocycles. The number of aliphatic imine (C=N–C) groups is 1. The summed E-state index contributed by atoms with van der Waals surface area (Å²) in [4.78, 5) is 4.55. The van der Waals surface area contributed by atoms with Crippen molar-refractivity contribution in [2.75, 3.05) is 6.61 Å². The second kappa shape index (κ2) is 11.8. The highest BCUT2D eigenvalue weighted by Crippen LogP contribution is 2.22. The second-order valence-corrected chi connectivity index (χ2v) is 6.90. The fourth-order valence-electron chi connectivity index (χ4n) is 3.11. The van der Waals surface area contributed by atoms with Crippen molar-refractivity contribution in [1.82, 2.24) is 10.6 Å². The van der Waals surface area contributed by atoms with Gasteiger partial charge in [-0.25, -0.2) is 4.99 Å². The van der Waals surface area contributed by atoms with E-state index < -0.39 is 37.3 Å². The maximum absolute atomic E-state index is 10.1. The van der Waals surface area contributed by atoms with Crippen molar-refractivity contribution in [2.45, 2.75) is 43.7 Å². The van der Waals surface area contributed by atoms with Crippen LogP contribution in [0.3, 0.4) is 0 Å². The molecule has 1 aliphatic rings. The lowest BCUT2D eigenvalue weighted by Crippen LogP contribution is -2.53. The first-order valence-electron chi connectivity index (χ1n) is 9.51. The monoisotopic (exact) mass is 437 g/mol. The summed E-state index contributed by atoms with van der Waals surface area (Å²) in [6.45, 7) is 0.514. The molecule has 2 aromatic carbocycles. The fraction of sp³-hybridized carbons (Fsp3) is 0.381. The van der Waals surface area contributed by atoms with E-state index in [0.29, 0.717) is 19.0 Å². The molecular formula is C21H28ClN3O5. The van der Waals surface area contributed by atoms with Crippen molar-refractivity contribution in [1.29, 1.82) is 0 Å². The molecule has 9 heteroatoms. The van der Waals surface area contributed by atoms with Crippen molar-refractivity contribution in [3.63, 3.8) is 0 Å². The standard InChI is InChI=1S/C21H27N3O5.ClH/c25-13-16(19-17(26)18(27)20(28)29-19)24-21(22-11-14-7-3-1-4-8-14)23-12-15-9-5-2-6-10-15;/h1-10,16-20,25-28H,11-13H2,(H2,22,23,24);1H/t16-,17+,18+,19+,20?;/m0./s1. The van der Waals surface area contributed by atoms with E-state index in [9.17, 15) is 20.4 Å². The zero-order valence-corrected chi connectivity index (χ0v) is 17.2. The number of guanidine groups is 1. The first kappa shape index (κ1) is 24.1. The molecule has 3 rings (SSSR count). The quantitative estimate of drug-likeness (QED) is 0.269. The Labute approximate surface area is 181 Å². The van der Waals surface area contributed by atoms with E-state index in [0.717, 1.165) is 11.1 Å². The van der Waals surface area contributed by atoms with Crippen LogP contribution in [0.5, 0.6) is 0 Å². The molecule has 1 heterocycles. The van der Waals surface area contributed by atoms with Crippen LogP contribution in [0.4, 0.5) is 0 Å². The minimum absolute atomic E-state index is 0. The van der Waals surface area contributed by atoms with Gasteiger partial charge < -0.3 is 35.8 Å². The molecule has 8 nitrogen and oxygen atoms in total. The second-order valence-electron chi connectivity index (χ2n) is 6.90. The Balaban J connectivity index is 0.00000320. The van der Waals surface area contributed by atoms with Gasteiger partial charge in [0.1, 0.15) is 18.3 Å². The average Bonchev–Trinajstić information content (AvgIpc) is 3.02. The summed E-state index contributed by atoms with van der Waals surface area (Å²) >= 11 is 0. The Morgan fingerprint density at radius 2 is 1.53 bits per heavy atom. The molecule has 6 N–H and O–H groups in total. The smallest absolute Gasteiger partial charge is 0.192 e. The SMILES string of the molecule is Cl.OC[C@H](NC(=NCc1ccccc1)NCc1ccccc1)[C@H]1OC(O)[C@H](O)[C@H]1O. The first-order valence-corrected chi connectivity index (χ1v) is 9.51. The number of nitrogens with zero attached hydrogens (tertiary/aromatic N) is 1. The Hall–Kier alpha value is -2.20. The molecule has 0 spiro atoms. The average molecular weight is 438 g/mol. The highest BCUT2D eigenvalue weighted by molar-refractivity contribution is 5.85. The molecule has 0 saturated carbocycles. The highest BCUT2D eigenvalue weighted by Gasteiger charge is 2.45. The minimum Gasteiger partial charge on any atom is -0.394 e. The lowest BCUT2D eigenvalue weighted by atomic mass is 10.0. The van der Waals surface area contributed by atoms with Gasteiger partial charge in [0.2, 0.25) is 0 Å². The molecule has 164 valence electrons. The van der Waals surface area contributed by atoms with E-state index in [2.05, 4.69) is 15.6 Å². The molecule has 0 aromatic heterocycles. The third kappa shape index (κ3) is 6.40. The van der Waals surface area contributed by atoms with E-state index in [-0.39, 0.29) is 12.4 Å². The number of rotatable bonds is 7. The van der Waals surface area contributed by atoms with Crippen LogP contribution in [-0.4, -0.2) is 63.6 Å². The van der Waals surface area contributed by atoms with Gasteiger partial charge >= 0.3 is 0 Å². The van der Waals surface area contributed by atoms with Crippen LogP contribution in [0.15, 0.2) is 65.7 Å². The van der Waals surface area contributed by atoms with Gasteiger partial charge in [0, 0.05) is 6.54 Å². The molecule has 1 fully saturated rings. The molecule has 1 unspecified atom stereocenters. The van der Waals surface area contributed by atoms with Crippen LogP contribution < -0.4 is 10.6 Å². The van der Waals surface area contributed by atoms with E-state index in [4.69, 9.17) is 4.74 Å². The van der Waals surface area contributed by atoms with E-state index in [1.54, 1.807) is 0 Å². The number of aliphatic hydroxyl groups is 4. The summed E-state index contributed by atoms with van der Waals surface area (Å²) in [6, 6.07) is 18.7. The van der Waals surface area contributed by atoms with Gasteiger partial charge in [-0.2, -0.15) is 0 Å². The van der Waals surface area contributed by atoms with Crippen LogP contribution in [-0.2, 0) is 17.8 Å². The maximum Gasteiger partial charge on any atom is 0.192 e. The summed E-state index contributed by atoms with van der Waals surface area (Å²) < 4.78 is 5.22. The molecular weight excluding hydrogens is 410 g/mol. The summed E-state index contributed by atoms with van der Waals surface area (Å²) in [5, 5.41) is 45.5. The lowest BCUT2D eigenvalue weighted by Gasteiger charge is -2.26. The number of hydrogen-bond donors (Lipinski definition) is 6. The summed E-state index contributed by atoms with van der Waals surface area (Å²) in [5.41, 5.74) is 2.06. The molecule has 0 bridgehead atoms. The number of aliphatic hydroxyl groups excluding tert-OH is 4. The third-order valence-corrected chi connectivity index (χ3v) is 4.76. The zero-order chi connectivity index (χ0) is 20.6. The maximum atomic E-state index is 10.1. The summed E-state index contributed by atoms with van der Waals surface area (Å²) in [6.07, 6.45) is -5.27. The van der Waals surface area contributed by atoms with Crippen LogP contribution >= 0.6 is 12.4 Å². The van der Waals surface area contributed by atoms with Gasteiger partial charge in [-0.15, -0.1) is 12.4 Å². The van der Waals surface area contributed by atoms with Crippen molar-refractivity contribution >= 4 is 18.4 Å². The van der Waals surface area contributed by atoms with E-state index >= 15 is 0 Å². The molecule has 0 radical (unpaired) electrons. The number of hydrogen-bond acceptors (Lipinski definition) is 6. The van der Waals surface area contributed by atoms with Crippen molar-refractivity contribution in [3.05, 3.63) is 71.8 Å². The lowest BCUT2D eigenvalue weighted by molar-refractivity contribution is -0.132. The van der Waals surface area contributed by atoms with Crippen LogP contribution in [0.2, 0.25) is 0 Å². The zero-order valence-electron chi connectivity index (χ0n) is 16.3. The molecule has 5 atom stereocenters. The Bertz CT molecular complexity index is 781. The number of nitrogens with one attached hydrogen (secondary N) is 2. The van der Waals surface area contributed by atoms with Gasteiger partial charge in [0.25, 0.3) is 0 Å². The number of ether oxygens (including phenoxy) is 1.